The van der Waals surface area contributed by atoms with Crippen LogP contribution in [0, 0.1) is 0 Å². The number of benzene rings is 1. The van der Waals surface area contributed by atoms with E-state index in [0.717, 1.165) is 18.4 Å². The van der Waals surface area contributed by atoms with Crippen molar-refractivity contribution in [1.82, 2.24) is 0 Å². The first-order chi connectivity index (χ1) is 8.66. The molecule has 0 fully saturated rings. The van der Waals surface area contributed by atoms with Crippen LogP contribution in [0.1, 0.15) is 63.5 Å². The molecule has 0 heterocycles. The lowest BCUT2D eigenvalue weighted by atomic mass is 10.0. The number of nitrogens with two attached hydrogens (primary N) is 1. The van der Waals surface area contributed by atoms with Crippen LogP contribution < -0.4 is 5.73 Å². The van der Waals surface area contributed by atoms with E-state index in [2.05, 4.69) is 6.92 Å². The molecular formula is C15H23Cl2N. The molecule has 0 aliphatic heterocycles. The van der Waals surface area contributed by atoms with Crippen LogP contribution in [0.2, 0.25) is 10.0 Å². The molecule has 18 heavy (non-hydrogen) atoms. The predicted molar refractivity (Wildman–Crippen MR) is 81.4 cm³/mol. The molecule has 1 rings (SSSR count). The zero-order valence-corrected chi connectivity index (χ0v) is 12.6. The molecule has 0 saturated carbocycles. The van der Waals surface area contributed by atoms with E-state index >= 15 is 0 Å². The average Bonchev–Trinajstić information content (AvgIpc) is 2.36. The van der Waals surface area contributed by atoms with E-state index in [4.69, 9.17) is 28.9 Å². The SMILES string of the molecule is CCCCCCCCC(N)c1cccc(Cl)c1Cl. The van der Waals surface area contributed by atoms with Crippen molar-refractivity contribution in [3.63, 3.8) is 0 Å². The Morgan fingerprint density at radius 1 is 1.06 bits per heavy atom. The lowest BCUT2D eigenvalue weighted by Crippen LogP contribution is -2.10. The quantitative estimate of drug-likeness (QED) is 0.606. The summed E-state index contributed by atoms with van der Waals surface area (Å²) in [5, 5.41) is 1.20. The normalized spacial score (nSPS) is 12.7. The number of hydrogen-bond donors (Lipinski definition) is 1. The average molecular weight is 288 g/mol. The van der Waals surface area contributed by atoms with Crippen molar-refractivity contribution in [2.45, 2.75) is 57.9 Å². The number of rotatable bonds is 8. The third-order valence-electron chi connectivity index (χ3n) is 3.25. The van der Waals surface area contributed by atoms with E-state index in [1.165, 1.54) is 32.1 Å². The van der Waals surface area contributed by atoms with Crippen molar-refractivity contribution in [2.75, 3.05) is 0 Å². The van der Waals surface area contributed by atoms with Gasteiger partial charge in [-0.05, 0) is 18.1 Å². The second-order valence-corrected chi connectivity index (χ2v) is 5.59. The first kappa shape index (κ1) is 15.8. The zero-order chi connectivity index (χ0) is 13.4. The van der Waals surface area contributed by atoms with Crippen molar-refractivity contribution in [2.24, 2.45) is 5.73 Å². The highest BCUT2D eigenvalue weighted by Gasteiger charge is 2.11. The number of hydrogen-bond acceptors (Lipinski definition) is 1. The van der Waals surface area contributed by atoms with Crippen LogP contribution in [-0.2, 0) is 0 Å². The number of halogens is 2. The van der Waals surface area contributed by atoms with Crippen molar-refractivity contribution in [3.8, 4) is 0 Å². The Morgan fingerprint density at radius 2 is 1.72 bits per heavy atom. The fourth-order valence-electron chi connectivity index (χ4n) is 2.11. The van der Waals surface area contributed by atoms with Crippen LogP contribution >= 0.6 is 23.2 Å². The van der Waals surface area contributed by atoms with E-state index in [0.29, 0.717) is 10.0 Å². The molecule has 0 bridgehead atoms. The molecule has 1 aromatic rings. The second-order valence-electron chi connectivity index (χ2n) is 4.81. The minimum absolute atomic E-state index is 0.00220. The van der Waals surface area contributed by atoms with E-state index in [1.54, 1.807) is 6.07 Å². The zero-order valence-electron chi connectivity index (χ0n) is 11.1. The van der Waals surface area contributed by atoms with Crippen molar-refractivity contribution in [3.05, 3.63) is 33.8 Å². The minimum Gasteiger partial charge on any atom is -0.324 e. The highest BCUT2D eigenvalue weighted by molar-refractivity contribution is 6.42. The summed E-state index contributed by atoms with van der Waals surface area (Å²) in [7, 11) is 0. The monoisotopic (exact) mass is 287 g/mol. The van der Waals surface area contributed by atoms with Gasteiger partial charge in [0.1, 0.15) is 0 Å². The maximum atomic E-state index is 6.16. The molecule has 0 aliphatic rings. The highest BCUT2D eigenvalue weighted by atomic mass is 35.5. The van der Waals surface area contributed by atoms with E-state index in [1.807, 2.05) is 12.1 Å². The first-order valence-electron chi connectivity index (χ1n) is 6.86. The Balaban J connectivity index is 2.32. The van der Waals surface area contributed by atoms with Gasteiger partial charge >= 0.3 is 0 Å². The van der Waals surface area contributed by atoms with Gasteiger partial charge in [0, 0.05) is 6.04 Å². The maximum absolute atomic E-state index is 6.16. The highest BCUT2D eigenvalue weighted by Crippen LogP contribution is 2.30. The van der Waals surface area contributed by atoms with E-state index in [-0.39, 0.29) is 6.04 Å². The van der Waals surface area contributed by atoms with Gasteiger partial charge in [0.15, 0.2) is 0 Å². The third-order valence-corrected chi connectivity index (χ3v) is 4.08. The van der Waals surface area contributed by atoms with Crippen molar-refractivity contribution in [1.29, 1.82) is 0 Å². The molecule has 1 atom stereocenters. The van der Waals surface area contributed by atoms with Crippen molar-refractivity contribution >= 4 is 23.2 Å². The molecule has 0 aliphatic carbocycles. The smallest absolute Gasteiger partial charge is 0.0639 e. The molecule has 0 spiro atoms. The van der Waals surface area contributed by atoms with Gasteiger partial charge in [0.05, 0.1) is 10.0 Å². The van der Waals surface area contributed by atoms with Gasteiger partial charge in [-0.25, -0.2) is 0 Å². The Bertz CT molecular complexity index is 352. The summed E-state index contributed by atoms with van der Waals surface area (Å²) in [4.78, 5) is 0. The molecule has 3 heteroatoms. The molecule has 1 nitrogen and oxygen atoms in total. The summed E-state index contributed by atoms with van der Waals surface area (Å²) in [5.74, 6) is 0. The minimum atomic E-state index is 0.00220. The fourth-order valence-corrected chi connectivity index (χ4v) is 2.55. The molecule has 0 aromatic heterocycles. The summed E-state index contributed by atoms with van der Waals surface area (Å²) < 4.78 is 0. The summed E-state index contributed by atoms with van der Waals surface area (Å²) in [6, 6.07) is 5.67. The summed E-state index contributed by atoms with van der Waals surface area (Å²) in [5.41, 5.74) is 7.13. The van der Waals surface area contributed by atoms with E-state index < -0.39 is 0 Å². The summed E-state index contributed by atoms with van der Waals surface area (Å²) >= 11 is 12.1. The van der Waals surface area contributed by atoms with E-state index in [9.17, 15) is 0 Å². The molecule has 1 aromatic carbocycles. The Labute approximate surface area is 121 Å². The first-order valence-corrected chi connectivity index (χ1v) is 7.62. The molecule has 1 unspecified atom stereocenters. The molecular weight excluding hydrogens is 265 g/mol. The maximum Gasteiger partial charge on any atom is 0.0639 e. The Hall–Kier alpha value is -0.240. The van der Waals surface area contributed by atoms with Gasteiger partial charge < -0.3 is 5.73 Å². The van der Waals surface area contributed by atoms with Gasteiger partial charge in [-0.15, -0.1) is 0 Å². The van der Waals surface area contributed by atoms with Crippen molar-refractivity contribution < 1.29 is 0 Å². The van der Waals surface area contributed by atoms with Crippen LogP contribution in [-0.4, -0.2) is 0 Å². The Kier molecular flexibility index (Phi) is 7.73. The molecule has 0 amide bonds. The molecule has 0 radical (unpaired) electrons. The van der Waals surface area contributed by atoms with Crippen LogP contribution in [0.25, 0.3) is 0 Å². The van der Waals surface area contributed by atoms with Gasteiger partial charge in [-0.2, -0.15) is 0 Å². The largest absolute Gasteiger partial charge is 0.324 e. The summed E-state index contributed by atoms with van der Waals surface area (Å²) in [6.07, 6.45) is 8.67. The topological polar surface area (TPSA) is 26.0 Å². The van der Waals surface area contributed by atoms with Gasteiger partial charge in [0.2, 0.25) is 0 Å². The van der Waals surface area contributed by atoms with Crippen LogP contribution in [0.5, 0.6) is 0 Å². The third kappa shape index (κ3) is 5.17. The summed E-state index contributed by atoms with van der Waals surface area (Å²) in [6.45, 7) is 2.23. The van der Waals surface area contributed by atoms with Crippen LogP contribution in [0.4, 0.5) is 0 Å². The molecule has 102 valence electrons. The molecule has 0 saturated heterocycles. The van der Waals surface area contributed by atoms with Gasteiger partial charge in [0.25, 0.3) is 0 Å². The number of unbranched alkanes of at least 4 members (excludes halogenated alkanes) is 5. The molecule has 2 N–H and O–H groups in total. The predicted octanol–water partition coefficient (Wildman–Crippen LogP) is 5.74. The lowest BCUT2D eigenvalue weighted by Gasteiger charge is -2.14. The Morgan fingerprint density at radius 3 is 2.44 bits per heavy atom. The van der Waals surface area contributed by atoms with Gasteiger partial charge in [-0.3, -0.25) is 0 Å². The standard InChI is InChI=1S/C15H23Cl2N/c1-2-3-4-5-6-7-11-14(18)12-9-8-10-13(16)15(12)17/h8-10,14H,2-7,11,18H2,1H3. The van der Waals surface area contributed by atoms with Gasteiger partial charge in [-0.1, -0.05) is 80.8 Å². The lowest BCUT2D eigenvalue weighted by molar-refractivity contribution is 0.547. The van der Waals surface area contributed by atoms with Crippen LogP contribution in [0.3, 0.4) is 0 Å². The second kappa shape index (κ2) is 8.79. The fraction of sp³-hybridized carbons (Fsp3) is 0.600. The van der Waals surface area contributed by atoms with Crippen LogP contribution in [0.15, 0.2) is 18.2 Å².